The van der Waals surface area contributed by atoms with Gasteiger partial charge in [0.2, 0.25) is 0 Å². The van der Waals surface area contributed by atoms with Crippen molar-refractivity contribution in [1.82, 2.24) is 9.78 Å². The van der Waals surface area contributed by atoms with Crippen LogP contribution in [0.5, 0.6) is 5.75 Å². The summed E-state index contributed by atoms with van der Waals surface area (Å²) in [6.45, 7) is 2.85. The molecule has 1 amide bonds. The summed E-state index contributed by atoms with van der Waals surface area (Å²) in [5.74, 6) is 1.22. The summed E-state index contributed by atoms with van der Waals surface area (Å²) in [6.07, 6.45) is 3.15. The summed E-state index contributed by atoms with van der Waals surface area (Å²) >= 11 is 0. The number of hydrogen-bond donors (Lipinski definition) is 1. The van der Waals surface area contributed by atoms with Crippen LogP contribution in [0.15, 0.2) is 83.6 Å². The van der Waals surface area contributed by atoms with Crippen LogP contribution in [0.2, 0.25) is 0 Å². The van der Waals surface area contributed by atoms with E-state index in [1.165, 1.54) is 11.8 Å². The molecule has 0 bridgehead atoms. The first-order valence-corrected chi connectivity index (χ1v) is 9.32. The van der Waals surface area contributed by atoms with Gasteiger partial charge < -0.3 is 14.5 Å². The zero-order valence-corrected chi connectivity index (χ0v) is 16.0. The molecule has 2 heterocycles. The van der Waals surface area contributed by atoms with E-state index in [1.54, 1.807) is 23.0 Å². The number of ether oxygens (including phenoxy) is 1. The molecular formula is C23H21N3O3. The third-order valence-corrected chi connectivity index (χ3v) is 4.50. The van der Waals surface area contributed by atoms with E-state index in [-0.39, 0.29) is 18.3 Å². The lowest BCUT2D eigenvalue weighted by Gasteiger charge is -2.10. The highest BCUT2D eigenvalue weighted by atomic mass is 16.5. The number of aryl methyl sites for hydroxylation is 1. The average Bonchev–Trinajstić information content (AvgIpc) is 3.38. The molecule has 0 saturated carbocycles. The number of rotatable bonds is 7. The Hall–Kier alpha value is -3.80. The third-order valence-electron chi connectivity index (χ3n) is 4.50. The van der Waals surface area contributed by atoms with Gasteiger partial charge in [0.1, 0.15) is 18.2 Å². The monoisotopic (exact) mass is 387 g/mol. The lowest BCUT2D eigenvalue weighted by Crippen LogP contribution is -2.17. The number of benzene rings is 2. The van der Waals surface area contributed by atoms with Crippen LogP contribution in [0.1, 0.15) is 27.2 Å². The van der Waals surface area contributed by atoms with Gasteiger partial charge in [0, 0.05) is 11.6 Å². The highest BCUT2D eigenvalue weighted by molar-refractivity contribution is 6.02. The van der Waals surface area contributed by atoms with Gasteiger partial charge in [-0.1, -0.05) is 48.0 Å². The number of furan rings is 1. The van der Waals surface area contributed by atoms with Crippen molar-refractivity contribution in [1.29, 1.82) is 0 Å². The molecule has 0 aliphatic rings. The van der Waals surface area contributed by atoms with Crippen molar-refractivity contribution in [3.63, 3.8) is 0 Å². The minimum atomic E-state index is -0.340. The molecule has 2 aromatic heterocycles. The van der Waals surface area contributed by atoms with E-state index in [9.17, 15) is 4.79 Å². The first-order chi connectivity index (χ1) is 14.2. The maximum absolute atomic E-state index is 12.8. The molecule has 2 aromatic carbocycles. The van der Waals surface area contributed by atoms with Crippen molar-refractivity contribution >= 4 is 11.7 Å². The predicted octanol–water partition coefficient (Wildman–Crippen LogP) is 4.66. The maximum Gasteiger partial charge on any atom is 0.292 e. The summed E-state index contributed by atoms with van der Waals surface area (Å²) in [5.41, 5.74) is 2.98. The molecule has 0 aliphatic carbocycles. The smallest absolute Gasteiger partial charge is 0.292 e. The van der Waals surface area contributed by atoms with Crippen LogP contribution in [0.25, 0.3) is 0 Å². The second-order valence-corrected chi connectivity index (χ2v) is 6.69. The van der Waals surface area contributed by atoms with Crippen LogP contribution in [-0.2, 0) is 13.2 Å². The van der Waals surface area contributed by atoms with E-state index < -0.39 is 0 Å². The first kappa shape index (κ1) is 18.6. The van der Waals surface area contributed by atoms with Crippen LogP contribution in [-0.4, -0.2) is 15.7 Å². The number of carbonyl (C=O) groups is 1. The van der Waals surface area contributed by atoms with E-state index >= 15 is 0 Å². The highest BCUT2D eigenvalue weighted by Gasteiger charge is 2.18. The molecule has 0 spiro atoms. The van der Waals surface area contributed by atoms with Crippen LogP contribution >= 0.6 is 0 Å². The summed E-state index contributed by atoms with van der Waals surface area (Å²) in [6, 6.07) is 21.1. The Bertz CT molecular complexity index is 1080. The third kappa shape index (κ3) is 4.55. The molecule has 4 rings (SSSR count). The second-order valence-electron chi connectivity index (χ2n) is 6.69. The molecule has 29 heavy (non-hydrogen) atoms. The van der Waals surface area contributed by atoms with Crippen LogP contribution in [0, 0.1) is 6.92 Å². The molecular weight excluding hydrogens is 366 g/mol. The molecule has 0 aliphatic heterocycles. The zero-order valence-electron chi connectivity index (χ0n) is 16.0. The largest absolute Gasteiger partial charge is 0.489 e. The molecule has 0 atom stereocenters. The van der Waals surface area contributed by atoms with Crippen LogP contribution < -0.4 is 10.1 Å². The molecule has 0 radical (unpaired) electrons. The van der Waals surface area contributed by atoms with Gasteiger partial charge in [-0.2, -0.15) is 5.10 Å². The van der Waals surface area contributed by atoms with Crippen LogP contribution in [0.4, 0.5) is 5.82 Å². The van der Waals surface area contributed by atoms with Gasteiger partial charge in [-0.05, 0) is 30.7 Å². The number of hydrogen-bond acceptors (Lipinski definition) is 4. The lowest BCUT2D eigenvalue weighted by atomic mass is 10.1. The Balaban J connectivity index is 1.43. The van der Waals surface area contributed by atoms with Crippen molar-refractivity contribution in [3.05, 3.63) is 102 Å². The predicted molar refractivity (Wildman–Crippen MR) is 110 cm³/mol. The first-order valence-electron chi connectivity index (χ1n) is 9.32. The van der Waals surface area contributed by atoms with Crippen molar-refractivity contribution in [2.45, 2.75) is 20.1 Å². The molecule has 0 fully saturated rings. The molecule has 0 saturated heterocycles. The Morgan fingerprint density at radius 2 is 1.86 bits per heavy atom. The van der Waals surface area contributed by atoms with Crippen molar-refractivity contribution in [3.8, 4) is 5.75 Å². The van der Waals surface area contributed by atoms with Gasteiger partial charge in [0.15, 0.2) is 5.76 Å². The van der Waals surface area contributed by atoms with Crippen LogP contribution in [0.3, 0.4) is 0 Å². The number of amides is 1. The van der Waals surface area contributed by atoms with E-state index in [4.69, 9.17) is 9.15 Å². The SMILES string of the molecule is Cc1ccc(Cn2nccc2NC(=O)c2occc2COc2ccccc2)cc1. The molecule has 4 aromatic rings. The van der Waals surface area contributed by atoms with Gasteiger partial charge in [-0.15, -0.1) is 0 Å². The summed E-state index contributed by atoms with van der Waals surface area (Å²) in [5, 5.41) is 7.19. The Morgan fingerprint density at radius 1 is 1.07 bits per heavy atom. The highest BCUT2D eigenvalue weighted by Crippen LogP contribution is 2.18. The fraction of sp³-hybridized carbons (Fsp3) is 0.130. The van der Waals surface area contributed by atoms with Gasteiger partial charge in [-0.3, -0.25) is 4.79 Å². The number of carbonyl (C=O) groups excluding carboxylic acids is 1. The Labute approximate surface area is 168 Å². The maximum atomic E-state index is 12.8. The fourth-order valence-electron chi connectivity index (χ4n) is 2.93. The zero-order chi connectivity index (χ0) is 20.1. The molecule has 6 heteroatoms. The van der Waals surface area contributed by atoms with Gasteiger partial charge >= 0.3 is 0 Å². The number of para-hydroxylation sites is 1. The minimum absolute atomic E-state index is 0.226. The van der Waals surface area contributed by atoms with Crippen molar-refractivity contribution in [2.24, 2.45) is 0 Å². The van der Waals surface area contributed by atoms with E-state index in [0.717, 1.165) is 11.3 Å². The number of nitrogens with one attached hydrogen (secondary N) is 1. The second kappa shape index (κ2) is 8.48. The molecule has 6 nitrogen and oxygen atoms in total. The topological polar surface area (TPSA) is 69.3 Å². The van der Waals surface area contributed by atoms with Crippen molar-refractivity contribution in [2.75, 3.05) is 5.32 Å². The summed E-state index contributed by atoms with van der Waals surface area (Å²) in [7, 11) is 0. The van der Waals surface area contributed by atoms with Gasteiger partial charge in [-0.25, -0.2) is 4.68 Å². The van der Waals surface area contributed by atoms with Gasteiger partial charge in [0.25, 0.3) is 5.91 Å². The fourth-order valence-corrected chi connectivity index (χ4v) is 2.93. The molecule has 146 valence electrons. The number of anilines is 1. The van der Waals surface area contributed by atoms with Crippen molar-refractivity contribution < 1.29 is 13.9 Å². The summed E-state index contributed by atoms with van der Waals surface area (Å²) < 4.78 is 12.9. The summed E-state index contributed by atoms with van der Waals surface area (Å²) in [4.78, 5) is 12.8. The lowest BCUT2D eigenvalue weighted by molar-refractivity contribution is 0.0992. The number of nitrogens with zero attached hydrogens (tertiary/aromatic N) is 2. The molecule has 1 N–H and O–H groups in total. The van der Waals surface area contributed by atoms with Gasteiger partial charge in [0.05, 0.1) is 19.0 Å². The standard InChI is InChI=1S/C23H21N3O3/c1-17-7-9-18(10-8-17)15-26-21(11-13-24-26)25-23(27)22-19(12-14-28-22)16-29-20-5-3-2-4-6-20/h2-14H,15-16H2,1H3,(H,25,27). The van der Waals surface area contributed by atoms with E-state index in [0.29, 0.717) is 17.9 Å². The molecule has 0 unspecified atom stereocenters. The average molecular weight is 387 g/mol. The Morgan fingerprint density at radius 3 is 2.66 bits per heavy atom. The minimum Gasteiger partial charge on any atom is -0.489 e. The quantitative estimate of drug-likeness (QED) is 0.501. The normalized spacial score (nSPS) is 10.7. The number of aromatic nitrogens is 2. The Kier molecular flexibility index (Phi) is 5.42. The van der Waals surface area contributed by atoms with E-state index in [1.807, 2.05) is 49.4 Å². The van der Waals surface area contributed by atoms with E-state index in [2.05, 4.69) is 22.5 Å².